The molecule has 0 nitrogen and oxygen atoms in total. The van der Waals surface area contributed by atoms with E-state index in [1.54, 1.807) is 12.1 Å². The molecule has 0 N–H and O–H groups in total. The second-order valence-electron chi connectivity index (χ2n) is 13.7. The molecular weight excluding hydrogens is 946 g/mol. The van der Waals surface area contributed by atoms with E-state index in [0.717, 1.165) is 5.75 Å². The third-order valence-electron chi connectivity index (χ3n) is 10.2. The Morgan fingerprint density at radius 1 is 0.323 bits per heavy atom. The van der Waals surface area contributed by atoms with Gasteiger partial charge in [-0.1, -0.05) is 42.5 Å². The standard InChI is InChI=1S/C24BF20.C18H16FS/c26-5-1(6(27)14(35)21(42)13(5)34)25(2-7(28)15(36)22(43)16(37)8(2)29,3-9(30)17(38)23(44)18(39)10(3)31)4-11(32)19(40)24(45)20(41)12(4)33;1-20(17-11-9-16(19)10-12-17)13-15-7-4-6-14-5-2-3-8-18(14)15/h;2-12H,13H2,1H3/q-1;+1. The highest BCUT2D eigenvalue weighted by molar-refractivity contribution is 7.95. The molecule has 7 aromatic carbocycles. The van der Waals surface area contributed by atoms with E-state index in [9.17, 15) is 57.1 Å². The first-order valence-corrected chi connectivity index (χ1v) is 19.3. The first-order chi connectivity index (χ1) is 30.4. The van der Waals surface area contributed by atoms with Crippen LogP contribution in [0, 0.1) is 122 Å². The molecule has 1 atom stereocenters. The third-order valence-corrected chi connectivity index (χ3v) is 12.0. The van der Waals surface area contributed by atoms with E-state index in [0.29, 0.717) is 0 Å². The van der Waals surface area contributed by atoms with Crippen molar-refractivity contribution in [2.24, 2.45) is 0 Å². The van der Waals surface area contributed by atoms with Crippen LogP contribution in [-0.4, -0.2) is 12.4 Å². The maximum absolute atomic E-state index is 15.4. The number of hydrogen-bond donors (Lipinski definition) is 0. The Balaban J connectivity index is 0.000000289. The summed E-state index contributed by atoms with van der Waals surface area (Å²) in [4.78, 5) is 1.21. The summed E-state index contributed by atoms with van der Waals surface area (Å²) in [6.07, 6.45) is -5.00. The molecule has 0 aliphatic rings. The van der Waals surface area contributed by atoms with Crippen molar-refractivity contribution in [3.8, 4) is 0 Å². The lowest BCUT2D eigenvalue weighted by Gasteiger charge is -2.44. The van der Waals surface area contributed by atoms with Gasteiger partial charge in [0, 0.05) is 16.5 Å². The van der Waals surface area contributed by atoms with Crippen molar-refractivity contribution in [3.63, 3.8) is 0 Å². The van der Waals surface area contributed by atoms with Gasteiger partial charge in [0.05, 0.1) is 0 Å². The van der Waals surface area contributed by atoms with Crippen LogP contribution >= 0.6 is 0 Å². The molecule has 0 amide bonds. The first kappa shape index (κ1) is 48.2. The molecule has 0 saturated carbocycles. The summed E-state index contributed by atoms with van der Waals surface area (Å²) >= 11 is 0. The first-order valence-electron chi connectivity index (χ1n) is 17.5. The molecule has 65 heavy (non-hydrogen) atoms. The lowest BCUT2D eigenvalue weighted by atomic mass is 9.12. The molecule has 0 aliphatic heterocycles. The Hall–Kier alpha value is -6.26. The summed E-state index contributed by atoms with van der Waals surface area (Å²) < 4.78 is 307. The van der Waals surface area contributed by atoms with Gasteiger partial charge in [0.1, 0.15) is 70.5 Å². The molecule has 7 rings (SSSR count). The average molecular weight is 962 g/mol. The van der Waals surface area contributed by atoms with E-state index < -0.39 is 144 Å². The summed E-state index contributed by atoms with van der Waals surface area (Å²) in [5.41, 5.74) is -13.0. The lowest BCUT2D eigenvalue weighted by Crippen LogP contribution is -2.81. The summed E-state index contributed by atoms with van der Waals surface area (Å²) in [6.45, 7) is 0. The van der Waals surface area contributed by atoms with Gasteiger partial charge in [-0.25, -0.2) is 92.2 Å². The molecule has 0 aromatic heterocycles. The molecule has 0 spiro atoms. The van der Waals surface area contributed by atoms with Crippen molar-refractivity contribution in [1.82, 2.24) is 0 Å². The fourth-order valence-electron chi connectivity index (χ4n) is 7.28. The Morgan fingerprint density at radius 2 is 0.600 bits per heavy atom. The van der Waals surface area contributed by atoms with Gasteiger partial charge in [0.25, 0.3) is 0 Å². The second kappa shape index (κ2) is 18.0. The monoisotopic (exact) mass is 962 g/mol. The summed E-state index contributed by atoms with van der Waals surface area (Å²) in [5, 5.41) is 2.59. The summed E-state index contributed by atoms with van der Waals surface area (Å²) in [7, 11) is 0.0847. The molecule has 23 heteroatoms. The number of hydrogen-bond acceptors (Lipinski definition) is 0. The van der Waals surface area contributed by atoms with Crippen LogP contribution in [0.5, 0.6) is 0 Å². The molecule has 0 radical (unpaired) electrons. The average Bonchev–Trinajstić information content (AvgIpc) is 3.29. The van der Waals surface area contributed by atoms with Crippen LogP contribution in [0.25, 0.3) is 10.8 Å². The van der Waals surface area contributed by atoms with Gasteiger partial charge in [-0.15, -0.1) is 21.9 Å². The minimum absolute atomic E-state index is 0.0847. The fourth-order valence-corrected chi connectivity index (χ4v) is 8.76. The maximum atomic E-state index is 15.4. The minimum Gasteiger partial charge on any atom is -0.207 e. The van der Waals surface area contributed by atoms with Crippen LogP contribution in [0.1, 0.15) is 5.56 Å². The van der Waals surface area contributed by atoms with Crippen LogP contribution in [0.2, 0.25) is 0 Å². The van der Waals surface area contributed by atoms with Gasteiger partial charge >= 0.3 is 0 Å². The van der Waals surface area contributed by atoms with Gasteiger partial charge in [-0.3, -0.25) is 0 Å². The number of benzene rings is 7. The van der Waals surface area contributed by atoms with E-state index in [1.807, 2.05) is 12.1 Å². The fraction of sp³-hybridized carbons (Fsp3) is 0.0476. The number of halogens is 21. The zero-order chi connectivity index (χ0) is 48.3. The van der Waals surface area contributed by atoms with Crippen LogP contribution in [0.4, 0.5) is 92.2 Å². The Morgan fingerprint density at radius 3 is 0.923 bits per heavy atom. The molecule has 0 heterocycles. The van der Waals surface area contributed by atoms with Crippen molar-refractivity contribution in [2.75, 3.05) is 6.26 Å². The van der Waals surface area contributed by atoms with Crippen molar-refractivity contribution < 1.29 is 92.2 Å². The predicted molar refractivity (Wildman–Crippen MR) is 195 cm³/mol. The molecule has 0 aliphatic carbocycles. The summed E-state index contributed by atoms with van der Waals surface area (Å²) in [5.74, 6) is -70.6. The Bertz CT molecular complexity index is 2660. The quantitative estimate of drug-likeness (QED) is 0.0491. The zero-order valence-electron chi connectivity index (χ0n) is 31.5. The van der Waals surface area contributed by atoms with Crippen molar-refractivity contribution >= 4 is 49.7 Å². The van der Waals surface area contributed by atoms with Crippen LogP contribution in [0.15, 0.2) is 71.6 Å². The third kappa shape index (κ3) is 7.69. The topological polar surface area (TPSA) is 0 Å². The second-order valence-corrected chi connectivity index (χ2v) is 15.7. The van der Waals surface area contributed by atoms with E-state index in [4.69, 9.17) is 0 Å². The van der Waals surface area contributed by atoms with Crippen LogP contribution in [0.3, 0.4) is 0 Å². The molecule has 0 fully saturated rings. The minimum atomic E-state index is -7.22. The number of fused-ring (bicyclic) bond motifs is 1. The van der Waals surface area contributed by atoms with E-state index in [-0.39, 0.29) is 16.7 Å². The van der Waals surface area contributed by atoms with Crippen LogP contribution in [-0.2, 0) is 16.6 Å². The van der Waals surface area contributed by atoms with Gasteiger partial charge in [-0.2, -0.15) is 0 Å². The van der Waals surface area contributed by atoms with Gasteiger partial charge in [0.15, 0.2) is 74.7 Å². The predicted octanol–water partition coefficient (Wildman–Crippen LogP) is 10.6. The maximum Gasteiger partial charge on any atom is 0.200 e. The van der Waals surface area contributed by atoms with Crippen molar-refractivity contribution in [1.29, 1.82) is 0 Å². The molecule has 0 saturated heterocycles. The van der Waals surface area contributed by atoms with Gasteiger partial charge in [0.2, 0.25) is 0 Å². The highest BCUT2D eigenvalue weighted by Gasteiger charge is 2.52. The molecule has 340 valence electrons. The largest absolute Gasteiger partial charge is 0.207 e. The van der Waals surface area contributed by atoms with E-state index >= 15 is 35.1 Å². The van der Waals surface area contributed by atoms with E-state index in [2.05, 4.69) is 48.7 Å². The Kier molecular flexibility index (Phi) is 13.3. The Labute approximate surface area is 352 Å². The molecule has 0 bridgehead atoms. The lowest BCUT2D eigenvalue weighted by molar-refractivity contribution is 0.378. The van der Waals surface area contributed by atoms with Crippen LogP contribution < -0.4 is 21.9 Å². The highest BCUT2D eigenvalue weighted by atomic mass is 32.2. The van der Waals surface area contributed by atoms with Gasteiger partial charge in [-0.05, 0) is 35.0 Å². The van der Waals surface area contributed by atoms with E-state index in [1.165, 1.54) is 21.2 Å². The van der Waals surface area contributed by atoms with Gasteiger partial charge < -0.3 is 0 Å². The molecule has 7 aromatic rings. The highest BCUT2D eigenvalue weighted by Crippen LogP contribution is 2.31. The SMILES string of the molecule is C[S+](Cc1cccc2ccccc12)c1ccc(F)cc1.Fc1c(F)c(F)c([B-](c2c(F)c(F)c(F)c(F)c2F)(c2c(F)c(F)c(F)c(F)c2F)c2c(F)c(F)c(F)c(F)c2F)c(F)c1F. The summed E-state index contributed by atoms with van der Waals surface area (Å²) in [6, 6.07) is 21.8. The normalized spacial score (nSPS) is 12.2. The smallest absolute Gasteiger partial charge is 0.200 e. The number of rotatable bonds is 7. The zero-order valence-corrected chi connectivity index (χ0v) is 32.3. The van der Waals surface area contributed by atoms with Crippen molar-refractivity contribution in [3.05, 3.63) is 194 Å². The molecular formula is C42H16BF21S. The van der Waals surface area contributed by atoms with Crippen molar-refractivity contribution in [2.45, 2.75) is 10.6 Å². The molecule has 1 unspecified atom stereocenters.